The van der Waals surface area contributed by atoms with Crippen LogP contribution in [0.1, 0.15) is 16.7 Å². The van der Waals surface area contributed by atoms with Crippen LogP contribution in [-0.2, 0) is 0 Å². The standard InChI is InChI=1S/C18H21ClN2O3/c1-11-5-6-16(13(3)7-11)24-10-20-18(22)21-15-8-12(2)14(19)9-17(15)23-4/h5-9H,10H2,1-4H3,(H2,20,21,22). The first-order valence-corrected chi connectivity index (χ1v) is 7.87. The fraction of sp³-hybridized carbons (Fsp3) is 0.278. The van der Waals surface area contributed by atoms with Gasteiger partial charge in [0.1, 0.15) is 11.5 Å². The summed E-state index contributed by atoms with van der Waals surface area (Å²) >= 11 is 6.05. The van der Waals surface area contributed by atoms with E-state index in [0.29, 0.717) is 16.5 Å². The SMILES string of the molecule is COc1cc(Cl)c(C)cc1NC(=O)NCOc1ccc(C)cc1C. The van der Waals surface area contributed by atoms with Crippen molar-refractivity contribution in [2.45, 2.75) is 20.8 Å². The van der Waals surface area contributed by atoms with Crippen molar-refractivity contribution in [3.05, 3.63) is 52.0 Å². The number of ether oxygens (including phenoxy) is 2. The second-order valence-corrected chi connectivity index (χ2v) is 5.90. The lowest BCUT2D eigenvalue weighted by molar-refractivity contribution is 0.234. The van der Waals surface area contributed by atoms with Gasteiger partial charge in [0.05, 0.1) is 12.8 Å². The van der Waals surface area contributed by atoms with Gasteiger partial charge in [-0.3, -0.25) is 0 Å². The van der Waals surface area contributed by atoms with Gasteiger partial charge < -0.3 is 20.1 Å². The minimum Gasteiger partial charge on any atom is -0.495 e. The van der Waals surface area contributed by atoms with Crippen LogP contribution >= 0.6 is 11.6 Å². The number of methoxy groups -OCH3 is 1. The molecule has 0 heterocycles. The molecule has 24 heavy (non-hydrogen) atoms. The largest absolute Gasteiger partial charge is 0.495 e. The summed E-state index contributed by atoms with van der Waals surface area (Å²) in [5, 5.41) is 5.95. The molecule has 2 rings (SSSR count). The Morgan fingerprint density at radius 2 is 1.83 bits per heavy atom. The molecule has 0 bridgehead atoms. The maximum atomic E-state index is 12.0. The zero-order valence-electron chi connectivity index (χ0n) is 14.2. The highest BCUT2D eigenvalue weighted by Gasteiger charge is 2.10. The van der Waals surface area contributed by atoms with Crippen molar-refractivity contribution >= 4 is 23.3 Å². The molecule has 0 aliphatic rings. The number of anilines is 1. The first kappa shape index (κ1) is 17.9. The predicted octanol–water partition coefficient (Wildman–Crippen LogP) is 4.43. The van der Waals surface area contributed by atoms with Crippen LogP contribution in [0.4, 0.5) is 10.5 Å². The molecule has 0 radical (unpaired) electrons. The average molecular weight is 349 g/mol. The minimum atomic E-state index is -0.389. The number of nitrogens with one attached hydrogen (secondary N) is 2. The molecule has 0 aromatic heterocycles. The minimum absolute atomic E-state index is 0.0601. The number of amides is 2. The van der Waals surface area contributed by atoms with Crippen molar-refractivity contribution in [2.24, 2.45) is 0 Å². The van der Waals surface area contributed by atoms with E-state index in [-0.39, 0.29) is 12.8 Å². The Balaban J connectivity index is 1.93. The number of hydrogen-bond acceptors (Lipinski definition) is 3. The van der Waals surface area contributed by atoms with Crippen molar-refractivity contribution in [3.8, 4) is 11.5 Å². The van der Waals surface area contributed by atoms with Gasteiger partial charge in [0, 0.05) is 11.1 Å². The Hall–Kier alpha value is -2.40. The highest BCUT2D eigenvalue weighted by atomic mass is 35.5. The third kappa shape index (κ3) is 4.55. The smallest absolute Gasteiger partial charge is 0.321 e. The number of benzene rings is 2. The normalized spacial score (nSPS) is 10.2. The second kappa shape index (κ2) is 7.93. The summed E-state index contributed by atoms with van der Waals surface area (Å²) < 4.78 is 10.8. The van der Waals surface area contributed by atoms with Crippen LogP contribution in [0.25, 0.3) is 0 Å². The van der Waals surface area contributed by atoms with Gasteiger partial charge >= 0.3 is 6.03 Å². The summed E-state index contributed by atoms with van der Waals surface area (Å²) in [6.45, 7) is 5.90. The molecular weight excluding hydrogens is 328 g/mol. The van der Waals surface area contributed by atoms with Crippen molar-refractivity contribution in [1.82, 2.24) is 5.32 Å². The molecule has 0 atom stereocenters. The summed E-state index contributed by atoms with van der Waals surface area (Å²) in [5.74, 6) is 1.23. The molecule has 0 aliphatic heterocycles. The lowest BCUT2D eigenvalue weighted by Crippen LogP contribution is -2.32. The highest BCUT2D eigenvalue weighted by molar-refractivity contribution is 6.31. The van der Waals surface area contributed by atoms with Gasteiger partial charge in [0.25, 0.3) is 0 Å². The van der Waals surface area contributed by atoms with Crippen LogP contribution in [0, 0.1) is 20.8 Å². The average Bonchev–Trinajstić information content (AvgIpc) is 2.52. The highest BCUT2D eigenvalue weighted by Crippen LogP contribution is 2.30. The number of aryl methyl sites for hydroxylation is 3. The van der Waals surface area contributed by atoms with Crippen LogP contribution in [0.3, 0.4) is 0 Å². The molecule has 2 N–H and O–H groups in total. The Labute approximate surface area is 146 Å². The third-order valence-electron chi connectivity index (χ3n) is 3.52. The quantitative estimate of drug-likeness (QED) is 0.786. The molecule has 0 aliphatic carbocycles. The molecule has 0 saturated carbocycles. The van der Waals surface area contributed by atoms with E-state index in [9.17, 15) is 4.79 Å². The van der Waals surface area contributed by atoms with Gasteiger partial charge in [-0.1, -0.05) is 29.3 Å². The van der Waals surface area contributed by atoms with Crippen LogP contribution < -0.4 is 20.1 Å². The summed E-state index contributed by atoms with van der Waals surface area (Å²) in [6.07, 6.45) is 0. The summed E-state index contributed by atoms with van der Waals surface area (Å²) in [7, 11) is 1.52. The first-order chi connectivity index (χ1) is 11.4. The second-order valence-electron chi connectivity index (χ2n) is 5.49. The van der Waals surface area contributed by atoms with Gasteiger partial charge in [-0.25, -0.2) is 4.79 Å². The van der Waals surface area contributed by atoms with E-state index >= 15 is 0 Å². The van der Waals surface area contributed by atoms with E-state index in [1.54, 1.807) is 12.1 Å². The van der Waals surface area contributed by atoms with Gasteiger partial charge in [0.2, 0.25) is 0 Å². The molecule has 5 nitrogen and oxygen atoms in total. The summed E-state index contributed by atoms with van der Waals surface area (Å²) in [5.41, 5.74) is 3.57. The van der Waals surface area contributed by atoms with Gasteiger partial charge in [-0.15, -0.1) is 0 Å². The summed E-state index contributed by atoms with van der Waals surface area (Å²) in [6, 6.07) is 8.90. The van der Waals surface area contributed by atoms with Crippen LogP contribution in [0.5, 0.6) is 11.5 Å². The molecule has 0 saturated heterocycles. The Morgan fingerprint density at radius 1 is 1.08 bits per heavy atom. The number of urea groups is 1. The predicted molar refractivity (Wildman–Crippen MR) is 96.3 cm³/mol. The van der Waals surface area contributed by atoms with Crippen molar-refractivity contribution in [2.75, 3.05) is 19.2 Å². The Kier molecular flexibility index (Phi) is 5.93. The molecule has 2 amide bonds. The number of halogens is 1. The molecule has 2 aromatic rings. The van der Waals surface area contributed by atoms with Crippen LogP contribution in [0.2, 0.25) is 5.02 Å². The van der Waals surface area contributed by atoms with Gasteiger partial charge in [-0.2, -0.15) is 0 Å². The maximum absolute atomic E-state index is 12.0. The zero-order valence-corrected chi connectivity index (χ0v) is 15.0. The molecule has 0 spiro atoms. The number of carbonyl (C=O) groups is 1. The molecule has 0 unspecified atom stereocenters. The van der Waals surface area contributed by atoms with Crippen molar-refractivity contribution in [3.63, 3.8) is 0 Å². The fourth-order valence-corrected chi connectivity index (χ4v) is 2.39. The van der Waals surface area contributed by atoms with Gasteiger partial charge in [0.15, 0.2) is 6.73 Å². The first-order valence-electron chi connectivity index (χ1n) is 7.49. The van der Waals surface area contributed by atoms with Crippen LogP contribution in [0.15, 0.2) is 30.3 Å². The fourth-order valence-electron chi connectivity index (χ4n) is 2.24. The van der Waals surface area contributed by atoms with Gasteiger partial charge in [-0.05, 0) is 44.0 Å². The summed E-state index contributed by atoms with van der Waals surface area (Å²) in [4.78, 5) is 12.0. The van der Waals surface area contributed by atoms with E-state index in [1.165, 1.54) is 7.11 Å². The van der Waals surface area contributed by atoms with E-state index < -0.39 is 0 Å². The van der Waals surface area contributed by atoms with E-state index in [1.807, 2.05) is 39.0 Å². The zero-order chi connectivity index (χ0) is 17.7. The monoisotopic (exact) mass is 348 g/mol. The molecule has 6 heteroatoms. The number of carbonyl (C=O) groups excluding carboxylic acids is 1. The van der Waals surface area contributed by atoms with E-state index in [2.05, 4.69) is 10.6 Å². The van der Waals surface area contributed by atoms with Crippen LogP contribution in [-0.4, -0.2) is 19.9 Å². The van der Waals surface area contributed by atoms with E-state index in [0.717, 1.165) is 22.4 Å². The maximum Gasteiger partial charge on any atom is 0.321 e. The van der Waals surface area contributed by atoms with Crippen molar-refractivity contribution < 1.29 is 14.3 Å². The number of rotatable bonds is 5. The Bertz CT molecular complexity index is 747. The third-order valence-corrected chi connectivity index (χ3v) is 3.93. The van der Waals surface area contributed by atoms with Crippen molar-refractivity contribution in [1.29, 1.82) is 0 Å². The topological polar surface area (TPSA) is 59.6 Å². The molecule has 128 valence electrons. The lowest BCUT2D eigenvalue weighted by Gasteiger charge is -2.14. The van der Waals surface area contributed by atoms with E-state index in [4.69, 9.17) is 21.1 Å². The molecular formula is C18H21ClN2O3. The molecule has 2 aromatic carbocycles. The Morgan fingerprint density at radius 3 is 2.50 bits per heavy atom. The number of hydrogen-bond donors (Lipinski definition) is 2. The molecule has 0 fully saturated rings. The lowest BCUT2D eigenvalue weighted by atomic mass is 10.1.